The molecule has 0 radical (unpaired) electrons. The van der Waals surface area contributed by atoms with Crippen LogP contribution in [0.4, 0.5) is 0 Å². The van der Waals surface area contributed by atoms with Crippen LogP contribution in [-0.4, -0.2) is 86.0 Å². The van der Waals surface area contributed by atoms with E-state index < -0.39 is 54.4 Å². The van der Waals surface area contributed by atoms with Crippen molar-refractivity contribution in [2.24, 2.45) is 0 Å². The topological polar surface area (TPSA) is 129 Å². The molecule has 5 atom stereocenters. The van der Waals surface area contributed by atoms with Gasteiger partial charge in [-0.3, -0.25) is 4.79 Å². The van der Waals surface area contributed by atoms with Crippen molar-refractivity contribution >= 4 is 5.97 Å². The normalized spacial score (nSPS) is 38.1. The molecule has 9 nitrogen and oxygen atoms in total. The zero-order chi connectivity index (χ0) is 19.9. The molecule has 2 rings (SSSR count). The summed E-state index contributed by atoms with van der Waals surface area (Å²) in [6.45, 7) is 8.51. The molecule has 0 spiro atoms. The predicted octanol–water partition coefficient (Wildman–Crippen LogP) is -0.697. The van der Waals surface area contributed by atoms with E-state index in [9.17, 15) is 25.2 Å². The van der Waals surface area contributed by atoms with E-state index in [1.54, 1.807) is 5.06 Å². The van der Waals surface area contributed by atoms with Crippen LogP contribution in [0.1, 0.15) is 47.5 Å². The number of ether oxygens (including phenoxy) is 2. The van der Waals surface area contributed by atoms with E-state index in [1.807, 2.05) is 27.7 Å². The average Bonchev–Trinajstić information content (AvgIpc) is 2.50. The molecule has 26 heavy (non-hydrogen) atoms. The van der Waals surface area contributed by atoms with Crippen molar-refractivity contribution in [2.45, 2.75) is 95.3 Å². The summed E-state index contributed by atoms with van der Waals surface area (Å²) >= 11 is 0. The van der Waals surface area contributed by atoms with Crippen LogP contribution in [0.15, 0.2) is 0 Å². The maximum absolute atomic E-state index is 11.4. The summed E-state index contributed by atoms with van der Waals surface area (Å²) in [6, 6.07) is 0. The van der Waals surface area contributed by atoms with E-state index >= 15 is 0 Å². The third-order valence-corrected chi connectivity index (χ3v) is 4.95. The van der Waals surface area contributed by atoms with E-state index in [2.05, 4.69) is 0 Å². The second kappa shape index (κ2) is 7.67. The van der Waals surface area contributed by atoms with Crippen LogP contribution in [0.3, 0.4) is 0 Å². The Balaban J connectivity index is 2.12. The second-order valence-corrected chi connectivity index (χ2v) is 8.37. The van der Waals surface area contributed by atoms with Crippen LogP contribution in [0.5, 0.6) is 0 Å². The Hall–Kier alpha value is -0.810. The van der Waals surface area contributed by atoms with Gasteiger partial charge >= 0.3 is 5.97 Å². The first-order valence-corrected chi connectivity index (χ1v) is 8.84. The van der Waals surface area contributed by atoms with Gasteiger partial charge in [0.05, 0.1) is 23.8 Å². The highest BCUT2D eigenvalue weighted by molar-refractivity contribution is 5.65. The highest BCUT2D eigenvalue weighted by Gasteiger charge is 2.51. The van der Waals surface area contributed by atoms with Crippen molar-refractivity contribution in [3.05, 3.63) is 0 Å². The highest BCUT2D eigenvalue weighted by atomic mass is 16.7. The Kier molecular flexibility index (Phi) is 6.34. The zero-order valence-corrected chi connectivity index (χ0v) is 16.0. The van der Waals surface area contributed by atoms with Crippen LogP contribution in [0, 0.1) is 0 Å². The first-order chi connectivity index (χ1) is 11.9. The summed E-state index contributed by atoms with van der Waals surface area (Å²) in [6.07, 6.45) is -5.92. The molecule has 2 saturated heterocycles. The molecule has 9 heteroatoms. The largest absolute Gasteiger partial charge is 0.394 e. The molecule has 2 aliphatic heterocycles. The summed E-state index contributed by atoms with van der Waals surface area (Å²) in [7, 11) is 0. The first kappa shape index (κ1) is 21.5. The SMILES string of the molecule is CC(=O)ON1C(C)(C)CC(O[C@@H]2O[C@H](CO)[C@@H](O)[C@H](O)[C@H]2O)CC1(C)C. The lowest BCUT2D eigenvalue weighted by atomic mass is 9.80. The maximum Gasteiger partial charge on any atom is 0.322 e. The third-order valence-electron chi connectivity index (χ3n) is 4.95. The van der Waals surface area contributed by atoms with E-state index in [1.165, 1.54) is 6.92 Å². The second-order valence-electron chi connectivity index (χ2n) is 8.37. The van der Waals surface area contributed by atoms with E-state index in [0.717, 1.165) is 0 Å². The highest BCUT2D eigenvalue weighted by Crippen LogP contribution is 2.40. The quantitative estimate of drug-likeness (QED) is 0.503. The minimum atomic E-state index is -1.48. The van der Waals surface area contributed by atoms with Gasteiger partial charge in [0.2, 0.25) is 0 Å². The predicted molar refractivity (Wildman–Crippen MR) is 89.6 cm³/mol. The molecule has 2 fully saturated rings. The van der Waals surface area contributed by atoms with Gasteiger partial charge in [-0.25, -0.2) is 0 Å². The number of hydroxylamine groups is 2. The molecule has 4 N–H and O–H groups in total. The molecule has 0 bridgehead atoms. The van der Waals surface area contributed by atoms with E-state index in [4.69, 9.17) is 14.3 Å². The Bertz CT molecular complexity index is 491. The summed E-state index contributed by atoms with van der Waals surface area (Å²) < 4.78 is 11.3. The monoisotopic (exact) mass is 377 g/mol. The van der Waals surface area contributed by atoms with Gasteiger partial charge in [0.1, 0.15) is 24.4 Å². The minimum Gasteiger partial charge on any atom is -0.394 e. The number of carbonyl (C=O) groups is 1. The third kappa shape index (κ3) is 4.36. The molecule has 2 aliphatic rings. The first-order valence-electron chi connectivity index (χ1n) is 8.84. The standard InChI is InChI=1S/C17H31NO8/c1-9(20)26-18-16(2,3)6-10(7-17(18,4)5)24-15-14(23)13(22)12(21)11(8-19)25-15/h10-15,19,21-23H,6-8H2,1-5H3/t11-,12-,13+,14-,15-/m1/s1. The van der Waals surface area contributed by atoms with Crippen LogP contribution in [-0.2, 0) is 19.1 Å². The Labute approximate surface area is 153 Å². The number of hydrogen-bond donors (Lipinski definition) is 4. The maximum atomic E-state index is 11.4. The lowest BCUT2D eigenvalue weighted by Crippen LogP contribution is -2.64. The number of carbonyl (C=O) groups excluding carboxylic acids is 1. The molecule has 2 heterocycles. The van der Waals surface area contributed by atoms with Crippen LogP contribution < -0.4 is 0 Å². The van der Waals surface area contributed by atoms with Gasteiger partial charge in [-0.05, 0) is 40.5 Å². The Morgan fingerprint density at radius 3 is 2.08 bits per heavy atom. The zero-order valence-electron chi connectivity index (χ0n) is 16.0. The summed E-state index contributed by atoms with van der Waals surface area (Å²) in [5.41, 5.74) is -1.07. The van der Waals surface area contributed by atoms with Crippen molar-refractivity contribution in [1.29, 1.82) is 0 Å². The molecule has 0 aromatic rings. The molecular formula is C17H31NO8. The number of rotatable bonds is 4. The van der Waals surface area contributed by atoms with E-state index in [0.29, 0.717) is 12.8 Å². The number of nitrogens with zero attached hydrogens (tertiary/aromatic N) is 1. The number of aliphatic hydroxyl groups is 4. The fraction of sp³-hybridized carbons (Fsp3) is 0.941. The number of piperidine rings is 1. The molecule has 0 aromatic carbocycles. The van der Waals surface area contributed by atoms with Crippen molar-refractivity contribution < 1.29 is 39.5 Å². The van der Waals surface area contributed by atoms with Gasteiger partial charge < -0.3 is 34.7 Å². The van der Waals surface area contributed by atoms with Gasteiger partial charge in [-0.1, -0.05) is 0 Å². The van der Waals surface area contributed by atoms with Gasteiger partial charge in [0, 0.05) is 6.92 Å². The lowest BCUT2D eigenvalue weighted by molar-refractivity contribution is -0.331. The Morgan fingerprint density at radius 2 is 1.62 bits per heavy atom. The lowest BCUT2D eigenvalue weighted by Gasteiger charge is -2.53. The summed E-state index contributed by atoms with van der Waals surface area (Å²) in [4.78, 5) is 16.8. The number of aliphatic hydroxyl groups excluding tert-OH is 4. The van der Waals surface area contributed by atoms with Crippen molar-refractivity contribution in [2.75, 3.05) is 6.61 Å². The van der Waals surface area contributed by atoms with Crippen LogP contribution >= 0.6 is 0 Å². The molecule has 152 valence electrons. The molecule has 0 aromatic heterocycles. The van der Waals surface area contributed by atoms with Gasteiger partial charge in [0.25, 0.3) is 0 Å². The molecular weight excluding hydrogens is 346 g/mol. The van der Waals surface area contributed by atoms with Crippen molar-refractivity contribution in [3.8, 4) is 0 Å². The smallest absolute Gasteiger partial charge is 0.322 e. The Morgan fingerprint density at radius 1 is 1.08 bits per heavy atom. The van der Waals surface area contributed by atoms with Gasteiger partial charge in [0.15, 0.2) is 6.29 Å². The fourth-order valence-electron chi connectivity index (χ4n) is 4.01. The summed E-state index contributed by atoms with van der Waals surface area (Å²) in [5.74, 6) is -0.403. The molecule has 0 unspecified atom stereocenters. The van der Waals surface area contributed by atoms with Gasteiger partial charge in [-0.15, -0.1) is 5.06 Å². The van der Waals surface area contributed by atoms with E-state index in [-0.39, 0.29) is 6.10 Å². The fourth-order valence-corrected chi connectivity index (χ4v) is 4.01. The van der Waals surface area contributed by atoms with Crippen molar-refractivity contribution in [1.82, 2.24) is 5.06 Å². The minimum absolute atomic E-state index is 0.353. The van der Waals surface area contributed by atoms with Gasteiger partial charge in [-0.2, -0.15) is 0 Å². The average molecular weight is 377 g/mol. The number of hydrogen-bond acceptors (Lipinski definition) is 9. The summed E-state index contributed by atoms with van der Waals surface area (Å²) in [5, 5.41) is 40.9. The van der Waals surface area contributed by atoms with Crippen LogP contribution in [0.25, 0.3) is 0 Å². The molecule has 0 aliphatic carbocycles. The van der Waals surface area contributed by atoms with Crippen molar-refractivity contribution in [3.63, 3.8) is 0 Å². The molecule has 0 saturated carbocycles. The van der Waals surface area contributed by atoms with Crippen LogP contribution in [0.2, 0.25) is 0 Å². The molecule has 0 amide bonds.